The Bertz CT molecular complexity index is 5180. The predicted octanol–water partition coefficient (Wildman–Crippen LogP) is -3.17. The molecular formula is C86H113FN18O28S. The average Bonchev–Trinajstić information content (AvgIpc) is 1.61. The Balaban J connectivity index is 1.42. The molecule has 0 bridgehead atoms. The Morgan fingerprint density at radius 2 is 1.09 bits per heavy atom. The molecule has 4 unspecified atom stereocenters. The molecule has 134 heavy (non-hydrogen) atoms. The van der Waals surface area contributed by atoms with Crippen molar-refractivity contribution in [3.63, 3.8) is 0 Å². The number of nitrogens with one attached hydrogen (secondary N) is 16. The first-order valence-electron chi connectivity index (χ1n) is 42.8. The normalized spacial score (nSPS) is 19.9. The number of carboxylic acid groups (broad SMARTS) is 4. The highest BCUT2D eigenvalue weighted by molar-refractivity contribution is 7.89. The number of para-hydroxylation sites is 2. The second kappa shape index (κ2) is 53.8. The van der Waals surface area contributed by atoms with Gasteiger partial charge in [0.1, 0.15) is 78.4 Å². The molecule has 6 rings (SSSR count). The molecule has 1 fully saturated rings. The zero-order chi connectivity index (χ0) is 99.1. The second-order valence-electron chi connectivity index (χ2n) is 31.7. The SMILES string of the molecule is CCCCCCCCCC(=O)N[C@@H](Cc1c[nH]c2ccccc12)C(=O)N[C@@H](CC(N)=O)C(=O)N[C@@H](CC(=O)O)C(=O)NC1C(=O)NCC(=O)N[C@@H](CCCNCc2ccc(S(=O)(=O)NCc3ccc(F)cc3)cc2)C(=O)NC(CC(=O)O)C(=O)N[C@H](C)C(=O)N[C@@H](CC(=O)O)C(=O)NCC(=O)N[C@H](CO)C(=O)NC([C@H](C)CC(=O)O)C(=O)N[C@@H](CC(=O)c2ccccc2N)C(=O)OC1C. The summed E-state index contributed by atoms with van der Waals surface area (Å²) in [5.41, 5.74) is 13.3. The van der Waals surface area contributed by atoms with Gasteiger partial charge in [-0.05, 0) is 105 Å². The van der Waals surface area contributed by atoms with Crippen LogP contribution in [0.2, 0.25) is 0 Å². The minimum absolute atomic E-state index is 0.0124. The average molecular weight is 1900 g/mol. The molecule has 1 aliphatic rings. The lowest BCUT2D eigenvalue weighted by Gasteiger charge is -2.30. The Morgan fingerprint density at radius 1 is 0.545 bits per heavy atom. The van der Waals surface area contributed by atoms with Crippen molar-refractivity contribution >= 4 is 145 Å². The Kier molecular flexibility index (Phi) is 43.5. The fourth-order valence-electron chi connectivity index (χ4n) is 13.7. The number of anilines is 1. The van der Waals surface area contributed by atoms with Crippen LogP contribution in [-0.4, -0.2) is 256 Å². The van der Waals surface area contributed by atoms with Crippen LogP contribution in [0.5, 0.6) is 0 Å². The first-order valence-corrected chi connectivity index (χ1v) is 44.2. The monoisotopic (exact) mass is 1900 g/mol. The molecule has 48 heteroatoms. The Morgan fingerprint density at radius 3 is 1.71 bits per heavy atom. The minimum Gasteiger partial charge on any atom is -0.481 e. The zero-order valence-electron chi connectivity index (χ0n) is 73.7. The third-order valence-corrected chi connectivity index (χ3v) is 22.4. The van der Waals surface area contributed by atoms with Crippen molar-refractivity contribution in [1.29, 1.82) is 0 Å². The lowest BCUT2D eigenvalue weighted by molar-refractivity contribution is -0.156. The lowest BCUT2D eigenvalue weighted by atomic mass is 9.96. The van der Waals surface area contributed by atoms with Gasteiger partial charge in [0.2, 0.25) is 92.7 Å². The third kappa shape index (κ3) is 36.4. The molecule has 25 N–H and O–H groups in total. The molecule has 13 atom stereocenters. The van der Waals surface area contributed by atoms with Gasteiger partial charge in [-0.1, -0.05) is 107 Å². The van der Waals surface area contributed by atoms with Crippen LogP contribution in [0.25, 0.3) is 10.9 Å². The number of aliphatic hydroxyl groups is 1. The highest BCUT2D eigenvalue weighted by Gasteiger charge is 2.42. The van der Waals surface area contributed by atoms with Gasteiger partial charge in [-0.25, -0.2) is 22.3 Å². The number of fused-ring (bicyclic) bond motifs is 1. The molecule has 5 aromatic rings. The molecule has 2 heterocycles. The highest BCUT2D eigenvalue weighted by atomic mass is 32.2. The number of amides is 14. The Labute approximate surface area is 767 Å². The largest absolute Gasteiger partial charge is 0.481 e. The summed E-state index contributed by atoms with van der Waals surface area (Å²) >= 11 is 0. The standard InChI is InChI=1S/C86H113FN18O28S/c1-5-6-7-8-9-10-11-22-67(109)97-58(33-50-41-91-56-20-15-13-17-53(50)56)80(124)100-59(35-66(89)108)81(125)102-62(38-73(118)119)82(126)105-75-47(4)133-86(130)63(34-65(107)54-18-12-14-19-55(54)88)103-85(129)74(45(2)32-70(112)113)104-83(127)64(44-106)98-69(111)42-92-77(121)60(36-71(114)115)99-76(120)46(3)95-79(123)61(37-72(116)117)101-78(122)57(96-68(110)43-93-84(75)128)21-16-31-90-39-48-25-29-52(30-26-48)134(131,132)94-40-49-23-27-51(87)28-24-49/h12-15,17-20,23-30,41,45-47,57-64,74-75,90-91,94,106H,5-11,16,21-22,31-40,42-44,88H2,1-4H3,(H2,89,108)(H,92,121)(H,93,128)(H,95,123)(H,96,110)(H,97,109)(H,98,111)(H,99,120)(H,100,124)(H,101,122)(H,102,125)(H,103,129)(H,104,127)(H,105,126)(H,112,113)(H,114,115)(H,116,117)(H,118,119)/t45-,46-,47?,57+,58+,59+,60+,61?,62+,63+,64-,74?,75?/m1/s1. The van der Waals surface area contributed by atoms with Crippen LogP contribution < -0.4 is 90.6 Å². The van der Waals surface area contributed by atoms with E-state index in [1.165, 1.54) is 60.7 Å². The first-order chi connectivity index (χ1) is 63.4. The van der Waals surface area contributed by atoms with Gasteiger partial charge < -0.3 is 121 Å². The maximum absolute atomic E-state index is 15.1. The molecule has 46 nitrogen and oxygen atoms in total. The van der Waals surface area contributed by atoms with Gasteiger partial charge in [0.05, 0.1) is 56.7 Å². The predicted molar refractivity (Wildman–Crippen MR) is 470 cm³/mol. The number of H-pyrrole nitrogens is 1. The minimum atomic E-state index is -4.10. The van der Waals surface area contributed by atoms with E-state index < -0.39 is 277 Å². The van der Waals surface area contributed by atoms with Gasteiger partial charge >= 0.3 is 29.8 Å². The number of esters is 1. The number of cyclic esters (lactones) is 1. The number of aromatic nitrogens is 1. The molecular weight excluding hydrogens is 1780 g/mol. The summed E-state index contributed by atoms with van der Waals surface area (Å²) in [6.07, 6.45) is -2.89. The maximum Gasteiger partial charge on any atom is 0.329 e. The van der Waals surface area contributed by atoms with Crippen LogP contribution in [0.3, 0.4) is 0 Å². The number of hydrogen-bond donors (Lipinski definition) is 23. The number of aliphatic carboxylic acids is 4. The molecule has 1 aliphatic heterocycles. The van der Waals surface area contributed by atoms with Crippen molar-refractivity contribution in [2.45, 2.75) is 227 Å². The fraction of sp³-hybridized carbons (Fsp3) is 0.465. The first kappa shape index (κ1) is 108. The number of aliphatic hydroxyl groups excluding tert-OH is 1. The van der Waals surface area contributed by atoms with Gasteiger partial charge in [-0.2, -0.15) is 0 Å². The fourth-order valence-corrected chi connectivity index (χ4v) is 14.7. The maximum atomic E-state index is 15.1. The van der Waals surface area contributed by atoms with E-state index in [2.05, 4.69) is 75.1 Å². The van der Waals surface area contributed by atoms with Crippen LogP contribution in [0.1, 0.15) is 157 Å². The van der Waals surface area contributed by atoms with Crippen LogP contribution in [-0.2, 0) is 125 Å². The number of carbonyl (C=O) groups excluding carboxylic acids is 16. The van der Waals surface area contributed by atoms with E-state index >= 15 is 9.59 Å². The van der Waals surface area contributed by atoms with Crippen LogP contribution in [0, 0.1) is 11.7 Å². The smallest absolute Gasteiger partial charge is 0.329 e. The summed E-state index contributed by atoms with van der Waals surface area (Å²) in [4.78, 5) is 280. The number of ether oxygens (including phenoxy) is 1. The molecule has 0 radical (unpaired) electrons. The van der Waals surface area contributed by atoms with Crippen molar-refractivity contribution in [2.24, 2.45) is 11.7 Å². The number of sulfonamides is 1. The quantitative estimate of drug-likeness (QED) is 0.00793. The summed E-state index contributed by atoms with van der Waals surface area (Å²) in [5, 5.41) is 82.6. The number of hydrogen-bond acceptors (Lipinski definition) is 26. The summed E-state index contributed by atoms with van der Waals surface area (Å²) in [7, 11) is -4.10. The third-order valence-electron chi connectivity index (χ3n) is 21.0. The Hall–Kier alpha value is -14.4. The lowest BCUT2D eigenvalue weighted by Crippen LogP contribution is -2.62. The summed E-state index contributed by atoms with van der Waals surface area (Å²) in [6, 6.07) is -0.649. The molecule has 4 aromatic carbocycles. The number of primary amides is 1. The van der Waals surface area contributed by atoms with Crippen LogP contribution in [0.4, 0.5) is 10.1 Å². The van der Waals surface area contributed by atoms with Gasteiger partial charge in [0.25, 0.3) is 0 Å². The number of nitrogen functional groups attached to an aromatic ring is 1. The molecule has 728 valence electrons. The van der Waals surface area contributed by atoms with Gasteiger partial charge in [0.15, 0.2) is 5.78 Å². The highest BCUT2D eigenvalue weighted by Crippen LogP contribution is 2.23. The number of ketones is 1. The van der Waals surface area contributed by atoms with Crippen molar-refractivity contribution in [1.82, 2.24) is 84.1 Å². The van der Waals surface area contributed by atoms with Crippen LogP contribution >= 0.6 is 0 Å². The van der Waals surface area contributed by atoms with E-state index in [0.29, 0.717) is 40.4 Å². The summed E-state index contributed by atoms with van der Waals surface area (Å²) < 4.78 is 48.0. The molecule has 1 aromatic heterocycles. The number of nitrogens with two attached hydrogens (primary N) is 2. The number of carbonyl (C=O) groups is 20. The van der Waals surface area contributed by atoms with E-state index in [1.54, 1.807) is 30.5 Å². The van der Waals surface area contributed by atoms with E-state index in [4.69, 9.17) is 16.2 Å². The summed E-state index contributed by atoms with van der Waals surface area (Å²) in [6.45, 7) is 0.887. The molecule has 1 saturated heterocycles. The van der Waals surface area contributed by atoms with Crippen molar-refractivity contribution in [3.8, 4) is 0 Å². The number of benzene rings is 4. The molecule has 0 saturated carbocycles. The second-order valence-corrected chi connectivity index (χ2v) is 33.5. The van der Waals surface area contributed by atoms with E-state index in [9.17, 15) is 125 Å². The number of halogens is 1. The van der Waals surface area contributed by atoms with Gasteiger partial charge in [0, 0.05) is 60.7 Å². The number of carboxylic acids is 4. The van der Waals surface area contributed by atoms with E-state index in [-0.39, 0.29) is 55.0 Å². The number of aromatic amines is 1. The van der Waals surface area contributed by atoms with E-state index in [0.717, 1.165) is 65.0 Å². The van der Waals surface area contributed by atoms with Crippen molar-refractivity contribution in [2.75, 3.05) is 32.0 Å². The van der Waals surface area contributed by atoms with E-state index in [1.807, 2.05) is 16.0 Å². The molecule has 0 aliphatic carbocycles. The molecule has 14 amide bonds. The van der Waals surface area contributed by atoms with Gasteiger partial charge in [-0.15, -0.1) is 0 Å². The number of rotatable bonds is 42. The number of unbranched alkanes of at least 4 members (excludes halogenated alkanes) is 6. The van der Waals surface area contributed by atoms with Crippen LogP contribution in [0.15, 0.2) is 108 Å². The molecule has 0 spiro atoms. The van der Waals surface area contributed by atoms with Crippen molar-refractivity contribution in [3.05, 3.63) is 131 Å². The topological polar surface area (TPSA) is 734 Å². The van der Waals surface area contributed by atoms with Crippen molar-refractivity contribution < 1.29 is 139 Å². The number of Topliss-reactive ketones (excluding diaryl/α,β-unsaturated/α-hetero) is 1. The van der Waals surface area contributed by atoms with Gasteiger partial charge in [-0.3, -0.25) is 91.1 Å². The zero-order valence-corrected chi connectivity index (χ0v) is 74.5. The summed E-state index contributed by atoms with van der Waals surface area (Å²) in [5.74, 6) is -30.9.